The predicted molar refractivity (Wildman–Crippen MR) is 68.8 cm³/mol. The molecule has 0 aromatic heterocycles. The fraction of sp³-hybridized carbons (Fsp3) is 0.286. The van der Waals surface area contributed by atoms with E-state index >= 15 is 0 Å². The quantitative estimate of drug-likeness (QED) is 0.458. The molecule has 0 bridgehead atoms. The predicted octanol–water partition coefficient (Wildman–Crippen LogP) is 1.46. The number of amides is 1. The fourth-order valence-electron chi connectivity index (χ4n) is 1.54. The minimum absolute atomic E-state index is 0.0304. The molecule has 0 radical (unpaired) electrons. The molecule has 0 saturated carbocycles. The van der Waals surface area contributed by atoms with Gasteiger partial charge in [-0.25, -0.2) is 0 Å². The molecule has 1 amide bonds. The molecule has 1 unspecified atom stereocenters. The number of ether oxygens (including phenoxy) is 1. The van der Waals surface area contributed by atoms with Crippen molar-refractivity contribution in [2.24, 2.45) is 5.92 Å². The van der Waals surface area contributed by atoms with E-state index in [0.717, 1.165) is 0 Å². The van der Waals surface area contributed by atoms with Crippen LogP contribution in [-0.4, -0.2) is 26.0 Å². The lowest BCUT2D eigenvalue weighted by atomic mass is 10.0. The number of carbonyl (C=O) groups excluding carboxylic acids is 2. The summed E-state index contributed by atoms with van der Waals surface area (Å²) in [5.74, 6) is 0.389. The van der Waals surface area contributed by atoms with Crippen LogP contribution in [0.15, 0.2) is 30.3 Å². The normalized spacial score (nSPS) is 11.2. The van der Waals surface area contributed by atoms with Crippen molar-refractivity contribution in [1.29, 1.82) is 0 Å². The van der Waals surface area contributed by atoms with Gasteiger partial charge in [0.25, 0.3) is 0 Å². The van der Waals surface area contributed by atoms with Gasteiger partial charge in [0.15, 0.2) is 0 Å². The first-order valence-corrected chi connectivity index (χ1v) is 5.45. The monoisotopic (exact) mass is 245 g/mol. The van der Waals surface area contributed by atoms with Gasteiger partial charge in [0, 0.05) is 19.2 Å². The number of terminal acetylenes is 1. The molecule has 0 spiro atoms. The first-order valence-electron chi connectivity index (χ1n) is 5.45. The highest BCUT2D eigenvalue weighted by molar-refractivity contribution is 6.06. The van der Waals surface area contributed by atoms with Gasteiger partial charge in [-0.3, -0.25) is 9.59 Å². The molecule has 1 rings (SSSR count). The van der Waals surface area contributed by atoms with Crippen LogP contribution in [0, 0.1) is 18.3 Å². The van der Waals surface area contributed by atoms with Gasteiger partial charge in [-0.2, -0.15) is 0 Å². The number of benzene rings is 1. The van der Waals surface area contributed by atoms with Crippen LogP contribution < -0.4 is 4.90 Å². The molecular formula is C14H15NO3. The molecule has 0 heterocycles. The average Bonchev–Trinajstić information content (AvgIpc) is 2.43. The third-order valence-electron chi connectivity index (χ3n) is 2.58. The lowest BCUT2D eigenvalue weighted by Crippen LogP contribution is -2.37. The maximum Gasteiger partial charge on any atom is 0.319 e. The van der Waals surface area contributed by atoms with Crippen molar-refractivity contribution < 1.29 is 14.3 Å². The van der Waals surface area contributed by atoms with Gasteiger partial charge in [0.2, 0.25) is 5.91 Å². The Balaban J connectivity index is 2.90. The maximum absolute atomic E-state index is 12.2. The summed E-state index contributed by atoms with van der Waals surface area (Å²) in [5, 5.41) is 0. The first-order chi connectivity index (χ1) is 8.61. The third-order valence-corrected chi connectivity index (χ3v) is 2.58. The zero-order valence-electron chi connectivity index (χ0n) is 10.4. The SMILES string of the molecule is C#CCC(C(=O)OC)C(=O)N(C)c1ccccc1. The Morgan fingerprint density at radius 3 is 2.50 bits per heavy atom. The highest BCUT2D eigenvalue weighted by atomic mass is 16.5. The van der Waals surface area contributed by atoms with Crippen molar-refractivity contribution in [3.05, 3.63) is 30.3 Å². The molecule has 0 aliphatic rings. The molecule has 1 aromatic carbocycles. The molecule has 1 aromatic rings. The number of hydrogen-bond donors (Lipinski definition) is 0. The summed E-state index contributed by atoms with van der Waals surface area (Å²) in [6.07, 6.45) is 5.20. The van der Waals surface area contributed by atoms with E-state index in [1.807, 2.05) is 18.2 Å². The van der Waals surface area contributed by atoms with E-state index in [-0.39, 0.29) is 12.3 Å². The summed E-state index contributed by atoms with van der Waals surface area (Å²) < 4.78 is 4.59. The molecule has 0 saturated heterocycles. The molecular weight excluding hydrogens is 230 g/mol. The van der Waals surface area contributed by atoms with Crippen molar-refractivity contribution in [1.82, 2.24) is 0 Å². The Labute approximate surface area is 107 Å². The Kier molecular flexibility index (Phi) is 4.94. The number of para-hydroxylation sites is 1. The van der Waals surface area contributed by atoms with Gasteiger partial charge in [0.05, 0.1) is 7.11 Å². The molecule has 18 heavy (non-hydrogen) atoms. The van der Waals surface area contributed by atoms with Crippen molar-refractivity contribution in [3.63, 3.8) is 0 Å². The molecule has 4 heteroatoms. The van der Waals surface area contributed by atoms with Gasteiger partial charge in [-0.15, -0.1) is 12.3 Å². The van der Waals surface area contributed by atoms with E-state index in [0.29, 0.717) is 5.69 Å². The second-order valence-electron chi connectivity index (χ2n) is 3.72. The van der Waals surface area contributed by atoms with E-state index in [4.69, 9.17) is 6.42 Å². The summed E-state index contributed by atoms with van der Waals surface area (Å²) in [6.45, 7) is 0. The third kappa shape index (κ3) is 3.11. The number of carbonyl (C=O) groups is 2. The van der Waals surface area contributed by atoms with Crippen LogP contribution in [-0.2, 0) is 14.3 Å². The minimum Gasteiger partial charge on any atom is -0.468 e. The second-order valence-corrected chi connectivity index (χ2v) is 3.72. The van der Waals surface area contributed by atoms with Crippen molar-refractivity contribution in [2.75, 3.05) is 19.1 Å². The van der Waals surface area contributed by atoms with E-state index in [1.165, 1.54) is 12.0 Å². The highest BCUT2D eigenvalue weighted by Crippen LogP contribution is 2.16. The zero-order chi connectivity index (χ0) is 13.5. The number of methoxy groups -OCH3 is 1. The molecule has 0 aliphatic carbocycles. The van der Waals surface area contributed by atoms with Crippen LogP contribution in [0.1, 0.15) is 6.42 Å². The largest absolute Gasteiger partial charge is 0.468 e. The minimum atomic E-state index is -0.954. The smallest absolute Gasteiger partial charge is 0.319 e. The van der Waals surface area contributed by atoms with Gasteiger partial charge in [-0.1, -0.05) is 18.2 Å². The van der Waals surface area contributed by atoms with Crippen LogP contribution in [0.5, 0.6) is 0 Å². The summed E-state index contributed by atoms with van der Waals surface area (Å²) in [4.78, 5) is 25.1. The topological polar surface area (TPSA) is 46.6 Å². The molecule has 1 atom stereocenters. The van der Waals surface area contributed by atoms with Crippen LogP contribution in [0.3, 0.4) is 0 Å². The van der Waals surface area contributed by atoms with Crippen LogP contribution in [0.4, 0.5) is 5.69 Å². The molecule has 0 N–H and O–H groups in total. The van der Waals surface area contributed by atoms with E-state index in [9.17, 15) is 9.59 Å². The summed E-state index contributed by atoms with van der Waals surface area (Å²) in [7, 11) is 2.84. The van der Waals surface area contributed by atoms with E-state index < -0.39 is 11.9 Å². The Morgan fingerprint density at radius 2 is 2.00 bits per heavy atom. The second kappa shape index (κ2) is 6.45. The molecule has 4 nitrogen and oxygen atoms in total. The molecule has 0 aliphatic heterocycles. The lowest BCUT2D eigenvalue weighted by Gasteiger charge is -2.21. The van der Waals surface area contributed by atoms with Crippen molar-refractivity contribution >= 4 is 17.6 Å². The van der Waals surface area contributed by atoms with Crippen LogP contribution >= 0.6 is 0 Å². The number of nitrogens with zero attached hydrogens (tertiary/aromatic N) is 1. The lowest BCUT2D eigenvalue weighted by molar-refractivity contribution is -0.149. The van der Waals surface area contributed by atoms with Gasteiger partial charge >= 0.3 is 5.97 Å². The Bertz CT molecular complexity index is 462. The fourth-order valence-corrected chi connectivity index (χ4v) is 1.54. The summed E-state index contributed by atoms with van der Waals surface area (Å²) in [5.41, 5.74) is 0.702. The first kappa shape index (κ1) is 13.8. The number of esters is 1. The van der Waals surface area contributed by atoms with Crippen LogP contribution in [0.2, 0.25) is 0 Å². The zero-order valence-corrected chi connectivity index (χ0v) is 10.4. The van der Waals surface area contributed by atoms with Crippen molar-refractivity contribution in [3.8, 4) is 12.3 Å². The summed E-state index contributed by atoms with van der Waals surface area (Å²) in [6, 6.07) is 9.03. The van der Waals surface area contributed by atoms with Gasteiger partial charge in [-0.05, 0) is 12.1 Å². The number of rotatable bonds is 4. The number of anilines is 1. The molecule has 94 valence electrons. The van der Waals surface area contributed by atoms with Gasteiger partial charge < -0.3 is 9.64 Å². The van der Waals surface area contributed by atoms with E-state index in [1.54, 1.807) is 19.2 Å². The average molecular weight is 245 g/mol. The van der Waals surface area contributed by atoms with E-state index in [2.05, 4.69) is 10.7 Å². The van der Waals surface area contributed by atoms with Crippen LogP contribution in [0.25, 0.3) is 0 Å². The number of hydrogen-bond acceptors (Lipinski definition) is 3. The molecule has 0 fully saturated rings. The highest BCUT2D eigenvalue weighted by Gasteiger charge is 2.29. The standard InChI is InChI=1S/C14H15NO3/c1-4-8-12(14(17)18-3)13(16)15(2)11-9-6-5-7-10-11/h1,5-7,9-10,12H,8H2,2-3H3. The Hall–Kier alpha value is -2.28. The van der Waals surface area contributed by atoms with Gasteiger partial charge in [0.1, 0.15) is 5.92 Å². The van der Waals surface area contributed by atoms with Crippen molar-refractivity contribution in [2.45, 2.75) is 6.42 Å². The Morgan fingerprint density at radius 1 is 1.39 bits per heavy atom. The maximum atomic E-state index is 12.2. The summed E-state index contributed by atoms with van der Waals surface area (Å²) >= 11 is 0.